The minimum Gasteiger partial charge on any atom is -0.493 e. The third-order valence-electron chi connectivity index (χ3n) is 6.99. The van der Waals surface area contributed by atoms with Gasteiger partial charge in [0.25, 0.3) is 0 Å². The zero-order valence-corrected chi connectivity index (χ0v) is 21.8. The van der Waals surface area contributed by atoms with Gasteiger partial charge in [0.15, 0.2) is 0 Å². The Bertz CT molecular complexity index is 1260. The van der Waals surface area contributed by atoms with Gasteiger partial charge in [0.1, 0.15) is 5.75 Å². The predicted molar refractivity (Wildman–Crippen MR) is 148 cm³/mol. The van der Waals surface area contributed by atoms with E-state index in [1.807, 2.05) is 16.3 Å². The van der Waals surface area contributed by atoms with Crippen molar-refractivity contribution in [2.45, 2.75) is 32.4 Å². The normalized spacial score (nSPS) is 15.9. The fourth-order valence-electron chi connectivity index (χ4n) is 5.10. The molecule has 1 aliphatic heterocycles. The number of hydrogen-bond donors (Lipinski definition) is 0. The number of ether oxygens (including phenoxy) is 1. The minimum absolute atomic E-state index is 0.232. The van der Waals surface area contributed by atoms with E-state index in [4.69, 9.17) is 4.74 Å². The highest BCUT2D eigenvalue weighted by Crippen LogP contribution is 2.22. The zero-order chi connectivity index (χ0) is 24.7. The van der Waals surface area contributed by atoms with E-state index in [-0.39, 0.29) is 5.91 Å². The first-order valence-electron chi connectivity index (χ1n) is 12.8. The highest BCUT2D eigenvalue weighted by Gasteiger charge is 2.24. The Balaban J connectivity index is 1.10. The molecule has 0 radical (unpaired) electrons. The van der Waals surface area contributed by atoms with Crippen molar-refractivity contribution in [2.24, 2.45) is 5.92 Å². The number of amides is 1. The Morgan fingerprint density at radius 1 is 1.00 bits per heavy atom. The summed E-state index contributed by atoms with van der Waals surface area (Å²) in [7, 11) is 2.17. The Hall–Kier alpha value is -3.15. The fourth-order valence-corrected chi connectivity index (χ4v) is 5.77. The molecule has 0 unspecified atom stereocenters. The van der Waals surface area contributed by atoms with Gasteiger partial charge in [-0.2, -0.15) is 11.3 Å². The molecule has 36 heavy (non-hydrogen) atoms. The van der Waals surface area contributed by atoms with E-state index in [1.54, 1.807) is 11.3 Å². The summed E-state index contributed by atoms with van der Waals surface area (Å²) >= 11 is 1.65. The molecule has 1 aromatic heterocycles. The molecule has 0 saturated carbocycles. The van der Waals surface area contributed by atoms with Crippen LogP contribution in [0.2, 0.25) is 0 Å². The first-order chi connectivity index (χ1) is 17.6. The molecule has 186 valence electrons. The fraction of sp³-hybridized carbons (Fsp3) is 0.323. The zero-order valence-electron chi connectivity index (χ0n) is 20.9. The van der Waals surface area contributed by atoms with Gasteiger partial charge < -0.3 is 9.64 Å². The van der Waals surface area contributed by atoms with Crippen LogP contribution in [0.15, 0.2) is 83.6 Å². The Morgan fingerprint density at radius 2 is 1.83 bits per heavy atom. The van der Waals surface area contributed by atoms with Crippen LogP contribution in [0, 0.1) is 5.92 Å². The lowest BCUT2D eigenvalue weighted by atomic mass is 9.98. The number of likely N-dealkylation sites (tertiary alicyclic amines) is 1. The number of carbonyl (C=O) groups is 1. The Kier molecular flexibility index (Phi) is 7.99. The van der Waals surface area contributed by atoms with E-state index in [0.717, 1.165) is 50.3 Å². The quantitative estimate of drug-likeness (QED) is 0.268. The van der Waals surface area contributed by atoms with Crippen LogP contribution < -0.4 is 4.74 Å². The SMILES string of the molecule is CN(Cc1ccc(OC[C@H]2CCCN(C(=O)Cc3ccsc3)C2)cc1)Cc1cccc2ccccc12. The number of fused-ring (bicyclic) bond motifs is 1. The van der Waals surface area contributed by atoms with E-state index >= 15 is 0 Å². The van der Waals surface area contributed by atoms with Crippen LogP contribution in [0.25, 0.3) is 10.8 Å². The summed E-state index contributed by atoms with van der Waals surface area (Å²) in [5.74, 6) is 1.52. The second-order valence-electron chi connectivity index (χ2n) is 9.92. The monoisotopic (exact) mass is 498 g/mol. The van der Waals surface area contributed by atoms with Gasteiger partial charge in [-0.1, -0.05) is 54.6 Å². The summed E-state index contributed by atoms with van der Waals surface area (Å²) in [6.07, 6.45) is 2.66. The molecule has 1 amide bonds. The molecule has 0 spiro atoms. The van der Waals surface area contributed by atoms with Gasteiger partial charge in [-0.3, -0.25) is 9.69 Å². The maximum atomic E-state index is 12.7. The van der Waals surface area contributed by atoms with Crippen LogP contribution in [-0.2, 0) is 24.3 Å². The molecule has 1 aliphatic rings. The predicted octanol–water partition coefficient (Wildman–Crippen LogP) is 6.39. The summed E-state index contributed by atoms with van der Waals surface area (Å²) < 4.78 is 6.13. The van der Waals surface area contributed by atoms with E-state index in [1.165, 1.54) is 21.9 Å². The average molecular weight is 499 g/mol. The van der Waals surface area contributed by atoms with Gasteiger partial charge in [0.05, 0.1) is 13.0 Å². The molecule has 4 aromatic rings. The number of benzene rings is 3. The van der Waals surface area contributed by atoms with Crippen molar-refractivity contribution in [3.05, 3.63) is 100 Å². The first kappa shape index (κ1) is 24.5. The van der Waals surface area contributed by atoms with Crippen LogP contribution >= 0.6 is 11.3 Å². The van der Waals surface area contributed by atoms with E-state index in [2.05, 4.69) is 84.1 Å². The molecule has 5 heteroatoms. The first-order valence-corrected chi connectivity index (χ1v) is 13.7. The molecule has 0 aliphatic carbocycles. The summed E-state index contributed by atoms with van der Waals surface area (Å²) in [5.41, 5.74) is 3.74. The molecule has 5 rings (SSSR count). The molecule has 4 nitrogen and oxygen atoms in total. The van der Waals surface area contributed by atoms with Crippen molar-refractivity contribution in [1.29, 1.82) is 0 Å². The molecule has 1 fully saturated rings. The van der Waals surface area contributed by atoms with E-state index in [0.29, 0.717) is 18.9 Å². The van der Waals surface area contributed by atoms with Gasteiger partial charge >= 0.3 is 0 Å². The average Bonchev–Trinajstić information content (AvgIpc) is 3.42. The van der Waals surface area contributed by atoms with Crippen LogP contribution in [-0.4, -0.2) is 42.5 Å². The Morgan fingerprint density at radius 3 is 2.67 bits per heavy atom. The maximum Gasteiger partial charge on any atom is 0.227 e. The lowest BCUT2D eigenvalue weighted by molar-refractivity contribution is -0.132. The van der Waals surface area contributed by atoms with Crippen molar-refractivity contribution < 1.29 is 9.53 Å². The standard InChI is InChI=1S/C31H34N2O2S/c1-32(21-28-9-4-8-27-7-2-3-10-30(27)28)19-24-11-13-29(14-12-24)35-22-26-6-5-16-33(20-26)31(34)18-25-15-17-36-23-25/h2-4,7-15,17,23,26H,5-6,16,18-22H2,1H3/t26-/m0/s1. The molecule has 0 N–H and O–H groups in total. The van der Waals surface area contributed by atoms with Crippen LogP contribution in [0.1, 0.15) is 29.5 Å². The lowest BCUT2D eigenvalue weighted by Crippen LogP contribution is -2.42. The number of thiophene rings is 1. The highest BCUT2D eigenvalue weighted by atomic mass is 32.1. The third kappa shape index (κ3) is 6.34. The second-order valence-corrected chi connectivity index (χ2v) is 10.7. The van der Waals surface area contributed by atoms with Gasteiger partial charge in [0.2, 0.25) is 5.91 Å². The van der Waals surface area contributed by atoms with Gasteiger partial charge in [-0.05, 0) is 76.3 Å². The van der Waals surface area contributed by atoms with Crippen LogP contribution in [0.4, 0.5) is 0 Å². The largest absolute Gasteiger partial charge is 0.493 e. The van der Waals surface area contributed by atoms with Crippen LogP contribution in [0.5, 0.6) is 5.75 Å². The summed E-state index contributed by atoms with van der Waals surface area (Å²) in [4.78, 5) is 17.0. The van der Waals surface area contributed by atoms with Gasteiger partial charge in [-0.25, -0.2) is 0 Å². The number of piperidine rings is 1. The molecule has 2 heterocycles. The molecular weight excluding hydrogens is 464 g/mol. The second kappa shape index (κ2) is 11.7. The summed E-state index contributed by atoms with van der Waals surface area (Å²) in [6.45, 7) is 4.10. The summed E-state index contributed by atoms with van der Waals surface area (Å²) in [5, 5.41) is 6.71. The van der Waals surface area contributed by atoms with Gasteiger partial charge in [0, 0.05) is 32.1 Å². The molecule has 1 saturated heterocycles. The molecule has 0 bridgehead atoms. The molecule has 1 atom stereocenters. The summed E-state index contributed by atoms with van der Waals surface area (Å²) in [6, 6.07) is 25.6. The molecular formula is C31H34N2O2S. The van der Waals surface area contributed by atoms with Crippen molar-refractivity contribution >= 4 is 28.0 Å². The highest BCUT2D eigenvalue weighted by molar-refractivity contribution is 7.08. The van der Waals surface area contributed by atoms with Crippen molar-refractivity contribution in [3.8, 4) is 5.75 Å². The minimum atomic E-state index is 0.232. The number of hydrogen-bond acceptors (Lipinski definition) is 4. The number of carbonyl (C=O) groups excluding carboxylic acids is 1. The smallest absolute Gasteiger partial charge is 0.227 e. The Labute approximate surface area is 218 Å². The lowest BCUT2D eigenvalue weighted by Gasteiger charge is -2.32. The van der Waals surface area contributed by atoms with Crippen molar-refractivity contribution in [3.63, 3.8) is 0 Å². The molecule has 3 aromatic carbocycles. The number of rotatable bonds is 9. The van der Waals surface area contributed by atoms with Gasteiger partial charge in [-0.15, -0.1) is 0 Å². The van der Waals surface area contributed by atoms with E-state index in [9.17, 15) is 4.79 Å². The van der Waals surface area contributed by atoms with Crippen LogP contribution in [0.3, 0.4) is 0 Å². The number of nitrogens with zero attached hydrogens (tertiary/aromatic N) is 2. The third-order valence-corrected chi connectivity index (χ3v) is 7.72. The van der Waals surface area contributed by atoms with Crippen molar-refractivity contribution in [1.82, 2.24) is 9.80 Å². The van der Waals surface area contributed by atoms with Crippen molar-refractivity contribution in [2.75, 3.05) is 26.7 Å². The van der Waals surface area contributed by atoms with E-state index < -0.39 is 0 Å². The maximum absolute atomic E-state index is 12.7. The topological polar surface area (TPSA) is 32.8 Å².